The predicted molar refractivity (Wildman–Crippen MR) is 86.9 cm³/mol. The SMILES string of the molecule is COc1ccccc1C1CCCN1C(=O)c1cccc(N)c1. The molecule has 4 heteroatoms. The number of carbonyl (C=O) groups excluding carboxylic acids is 1. The van der Waals surface area contributed by atoms with E-state index in [-0.39, 0.29) is 11.9 Å². The van der Waals surface area contributed by atoms with Crippen molar-refractivity contribution in [1.82, 2.24) is 4.90 Å². The summed E-state index contributed by atoms with van der Waals surface area (Å²) in [5, 5.41) is 0. The monoisotopic (exact) mass is 296 g/mol. The predicted octanol–water partition coefficient (Wildman–Crippen LogP) is 3.25. The number of nitrogens with zero attached hydrogens (tertiary/aromatic N) is 1. The van der Waals surface area contributed by atoms with Crippen molar-refractivity contribution in [1.29, 1.82) is 0 Å². The fraction of sp³-hybridized carbons (Fsp3) is 0.278. The van der Waals surface area contributed by atoms with Crippen molar-refractivity contribution < 1.29 is 9.53 Å². The van der Waals surface area contributed by atoms with Gasteiger partial charge < -0.3 is 15.4 Å². The standard InChI is InChI=1S/C18H20N2O2/c1-22-17-10-3-2-8-15(17)16-9-5-11-20(16)18(21)13-6-4-7-14(19)12-13/h2-4,6-8,10,12,16H,5,9,11,19H2,1H3. The molecule has 1 saturated heterocycles. The van der Waals surface area contributed by atoms with Gasteiger partial charge in [-0.2, -0.15) is 0 Å². The number of para-hydroxylation sites is 1. The molecule has 0 radical (unpaired) electrons. The Morgan fingerprint density at radius 2 is 2.05 bits per heavy atom. The van der Waals surface area contributed by atoms with E-state index in [4.69, 9.17) is 10.5 Å². The molecule has 0 bridgehead atoms. The molecule has 1 aliphatic rings. The molecule has 0 saturated carbocycles. The van der Waals surface area contributed by atoms with E-state index in [0.29, 0.717) is 11.3 Å². The maximum absolute atomic E-state index is 12.8. The number of anilines is 1. The zero-order valence-corrected chi connectivity index (χ0v) is 12.7. The Balaban J connectivity index is 1.92. The number of hydrogen-bond acceptors (Lipinski definition) is 3. The summed E-state index contributed by atoms with van der Waals surface area (Å²) in [6, 6.07) is 15.1. The molecule has 22 heavy (non-hydrogen) atoms. The molecular formula is C18H20N2O2. The average molecular weight is 296 g/mol. The highest BCUT2D eigenvalue weighted by Gasteiger charge is 2.32. The number of benzene rings is 2. The van der Waals surface area contributed by atoms with Crippen molar-refractivity contribution in [2.75, 3.05) is 19.4 Å². The Hall–Kier alpha value is -2.49. The quantitative estimate of drug-likeness (QED) is 0.885. The van der Waals surface area contributed by atoms with Crippen LogP contribution in [0.5, 0.6) is 5.75 Å². The van der Waals surface area contributed by atoms with Crippen molar-refractivity contribution in [3.63, 3.8) is 0 Å². The Labute approximate surface area is 130 Å². The zero-order chi connectivity index (χ0) is 15.5. The second-order valence-electron chi connectivity index (χ2n) is 5.52. The first kappa shape index (κ1) is 14.4. The number of ether oxygens (including phenoxy) is 1. The van der Waals surface area contributed by atoms with Crippen LogP contribution in [0.4, 0.5) is 5.69 Å². The second-order valence-corrected chi connectivity index (χ2v) is 5.52. The van der Waals surface area contributed by atoms with Crippen molar-refractivity contribution in [3.05, 3.63) is 59.7 Å². The lowest BCUT2D eigenvalue weighted by Crippen LogP contribution is -2.30. The smallest absolute Gasteiger partial charge is 0.254 e. The van der Waals surface area contributed by atoms with E-state index in [2.05, 4.69) is 0 Å². The topological polar surface area (TPSA) is 55.6 Å². The van der Waals surface area contributed by atoms with Crippen molar-refractivity contribution in [2.45, 2.75) is 18.9 Å². The molecule has 114 valence electrons. The van der Waals surface area contributed by atoms with Crippen LogP contribution in [0.3, 0.4) is 0 Å². The van der Waals surface area contributed by atoms with Gasteiger partial charge in [0.15, 0.2) is 0 Å². The van der Waals surface area contributed by atoms with Gasteiger partial charge in [-0.25, -0.2) is 0 Å². The van der Waals surface area contributed by atoms with Crippen molar-refractivity contribution >= 4 is 11.6 Å². The van der Waals surface area contributed by atoms with Gasteiger partial charge in [0, 0.05) is 23.4 Å². The average Bonchev–Trinajstić information content (AvgIpc) is 3.03. The molecule has 0 aliphatic carbocycles. The Kier molecular flexibility index (Phi) is 4.00. The van der Waals surface area contributed by atoms with Gasteiger partial charge >= 0.3 is 0 Å². The van der Waals surface area contributed by atoms with E-state index in [1.54, 1.807) is 19.2 Å². The van der Waals surface area contributed by atoms with Crippen molar-refractivity contribution in [2.24, 2.45) is 0 Å². The van der Waals surface area contributed by atoms with Gasteiger partial charge in [-0.1, -0.05) is 24.3 Å². The highest BCUT2D eigenvalue weighted by Crippen LogP contribution is 2.37. The Bertz CT molecular complexity index is 684. The summed E-state index contributed by atoms with van der Waals surface area (Å²) in [5.74, 6) is 0.862. The van der Waals surface area contributed by atoms with Crippen LogP contribution in [0.1, 0.15) is 34.8 Å². The van der Waals surface area contributed by atoms with E-state index in [1.165, 1.54) is 0 Å². The number of likely N-dealkylation sites (tertiary alicyclic amines) is 1. The third-order valence-electron chi connectivity index (χ3n) is 4.15. The first-order valence-electron chi connectivity index (χ1n) is 7.50. The summed E-state index contributed by atoms with van der Waals surface area (Å²) in [6.07, 6.45) is 1.95. The van der Waals surface area contributed by atoms with Gasteiger partial charge in [-0.15, -0.1) is 0 Å². The van der Waals surface area contributed by atoms with Crippen molar-refractivity contribution in [3.8, 4) is 5.75 Å². The first-order chi connectivity index (χ1) is 10.7. The lowest BCUT2D eigenvalue weighted by molar-refractivity contribution is 0.0734. The minimum absolute atomic E-state index is 0.0284. The third-order valence-corrected chi connectivity index (χ3v) is 4.15. The number of hydrogen-bond donors (Lipinski definition) is 1. The zero-order valence-electron chi connectivity index (χ0n) is 12.7. The summed E-state index contributed by atoms with van der Waals surface area (Å²) in [6.45, 7) is 0.760. The van der Waals surface area contributed by atoms with Gasteiger partial charge in [0.2, 0.25) is 0 Å². The molecule has 3 rings (SSSR count). The number of methoxy groups -OCH3 is 1. The van der Waals surface area contributed by atoms with Gasteiger partial charge in [-0.3, -0.25) is 4.79 Å². The van der Waals surface area contributed by atoms with E-state index in [0.717, 1.165) is 30.7 Å². The third kappa shape index (κ3) is 2.64. The molecule has 2 N–H and O–H groups in total. The summed E-state index contributed by atoms with van der Waals surface area (Å²) in [5.41, 5.74) is 8.12. The number of nitrogen functional groups attached to an aromatic ring is 1. The molecule has 0 spiro atoms. The van der Waals surface area contributed by atoms with Gasteiger partial charge in [0.05, 0.1) is 13.2 Å². The van der Waals surface area contributed by atoms with E-state index in [9.17, 15) is 4.79 Å². The minimum atomic E-state index is 0.0284. The van der Waals surface area contributed by atoms with Gasteiger partial charge in [-0.05, 0) is 37.1 Å². The molecule has 1 atom stereocenters. The molecular weight excluding hydrogens is 276 g/mol. The Morgan fingerprint density at radius 3 is 2.82 bits per heavy atom. The molecule has 4 nitrogen and oxygen atoms in total. The Morgan fingerprint density at radius 1 is 1.23 bits per heavy atom. The molecule has 0 aromatic heterocycles. The number of carbonyl (C=O) groups is 1. The summed E-state index contributed by atoms with van der Waals surface area (Å²) in [4.78, 5) is 14.7. The van der Waals surface area contributed by atoms with Crippen LogP contribution >= 0.6 is 0 Å². The summed E-state index contributed by atoms with van der Waals surface area (Å²) in [7, 11) is 1.66. The van der Waals surface area contributed by atoms with Gasteiger partial charge in [0.25, 0.3) is 5.91 Å². The molecule has 1 fully saturated rings. The molecule has 1 heterocycles. The number of amides is 1. The molecule has 1 unspecified atom stereocenters. The van der Waals surface area contributed by atoms with Crippen LogP contribution in [0.25, 0.3) is 0 Å². The van der Waals surface area contributed by atoms with Crippen LogP contribution in [-0.2, 0) is 0 Å². The molecule has 1 aliphatic heterocycles. The fourth-order valence-electron chi connectivity index (χ4n) is 3.11. The molecule has 1 amide bonds. The maximum atomic E-state index is 12.8. The van der Waals surface area contributed by atoms with Crippen LogP contribution in [0.2, 0.25) is 0 Å². The van der Waals surface area contributed by atoms with Crippen LogP contribution < -0.4 is 10.5 Å². The van der Waals surface area contributed by atoms with Gasteiger partial charge in [0.1, 0.15) is 5.75 Å². The molecule has 2 aromatic carbocycles. The number of nitrogens with two attached hydrogens (primary N) is 1. The van der Waals surface area contributed by atoms with E-state index in [1.807, 2.05) is 41.3 Å². The maximum Gasteiger partial charge on any atom is 0.254 e. The van der Waals surface area contributed by atoms with E-state index < -0.39 is 0 Å². The second kappa shape index (κ2) is 6.10. The lowest BCUT2D eigenvalue weighted by atomic mass is 10.0. The van der Waals surface area contributed by atoms with Crippen LogP contribution in [-0.4, -0.2) is 24.5 Å². The largest absolute Gasteiger partial charge is 0.496 e. The fourth-order valence-corrected chi connectivity index (χ4v) is 3.11. The molecule has 2 aromatic rings. The van der Waals surface area contributed by atoms with E-state index >= 15 is 0 Å². The number of rotatable bonds is 3. The normalized spacial score (nSPS) is 17.5. The summed E-state index contributed by atoms with van der Waals surface area (Å²) >= 11 is 0. The van der Waals surface area contributed by atoms with Crippen LogP contribution in [0.15, 0.2) is 48.5 Å². The summed E-state index contributed by atoms with van der Waals surface area (Å²) < 4.78 is 5.45. The minimum Gasteiger partial charge on any atom is -0.496 e. The van der Waals surface area contributed by atoms with Crippen LogP contribution in [0, 0.1) is 0 Å². The first-order valence-corrected chi connectivity index (χ1v) is 7.50. The highest BCUT2D eigenvalue weighted by molar-refractivity contribution is 5.95. The lowest BCUT2D eigenvalue weighted by Gasteiger charge is -2.26. The highest BCUT2D eigenvalue weighted by atomic mass is 16.5.